The van der Waals surface area contributed by atoms with Crippen LogP contribution in [0.2, 0.25) is 0 Å². The number of unbranched alkanes of at least 4 members (excludes halogenated alkanes) is 3. The Labute approximate surface area is 84.6 Å². The van der Waals surface area contributed by atoms with Crippen molar-refractivity contribution in [2.45, 2.75) is 66.2 Å². The van der Waals surface area contributed by atoms with Crippen LogP contribution in [0.15, 0.2) is 0 Å². The molecule has 0 atom stereocenters. The van der Waals surface area contributed by atoms with Crippen LogP contribution in [0.25, 0.3) is 0 Å². The predicted molar refractivity (Wildman–Crippen MR) is 61.0 cm³/mol. The second kappa shape index (κ2) is 14.5. The largest absolute Gasteiger partial charge is 0.396 e. The minimum absolute atomic E-state index is 0.344. The number of aliphatic hydroxyl groups is 1. The van der Waals surface area contributed by atoms with E-state index in [1.807, 2.05) is 0 Å². The average Bonchev–Trinajstić information content (AvgIpc) is 2.07. The normalized spacial score (nSPS) is 9.69. The summed E-state index contributed by atoms with van der Waals surface area (Å²) in [5, 5.41) is 8.07. The highest BCUT2D eigenvalue weighted by Crippen LogP contribution is 2.06. The molecule has 1 nitrogen and oxygen atoms in total. The van der Waals surface area contributed by atoms with Gasteiger partial charge in [0.15, 0.2) is 0 Å². The topological polar surface area (TPSA) is 20.2 Å². The Morgan fingerprint density at radius 1 is 0.923 bits per heavy atom. The van der Waals surface area contributed by atoms with E-state index in [2.05, 4.69) is 27.7 Å². The highest BCUT2D eigenvalue weighted by atomic mass is 16.2. The maximum absolute atomic E-state index is 8.07. The van der Waals surface area contributed by atoms with Crippen molar-refractivity contribution in [3.05, 3.63) is 0 Å². The maximum atomic E-state index is 8.07. The van der Waals surface area contributed by atoms with Gasteiger partial charge in [-0.1, -0.05) is 59.8 Å². The lowest BCUT2D eigenvalue weighted by atomic mass is 10.1. The number of rotatable bonds is 6. The molecule has 0 saturated heterocycles. The summed E-state index contributed by atoms with van der Waals surface area (Å²) in [4.78, 5) is 0. The fourth-order valence-electron chi connectivity index (χ4n) is 0.961. The third-order valence-electron chi connectivity index (χ3n) is 1.90. The summed E-state index contributed by atoms with van der Waals surface area (Å²) < 4.78 is 0. The van der Waals surface area contributed by atoms with E-state index >= 15 is 0 Å². The van der Waals surface area contributed by atoms with Crippen LogP contribution in [-0.2, 0) is 0 Å². The number of hydrogen-bond acceptors (Lipinski definition) is 1. The van der Waals surface area contributed by atoms with Crippen LogP contribution in [0, 0.1) is 5.92 Å². The van der Waals surface area contributed by atoms with Crippen LogP contribution in [0.4, 0.5) is 0 Å². The first-order valence-corrected chi connectivity index (χ1v) is 5.79. The van der Waals surface area contributed by atoms with Crippen LogP contribution in [0.3, 0.4) is 0 Å². The Balaban J connectivity index is 0. The molecule has 0 aromatic rings. The van der Waals surface area contributed by atoms with Gasteiger partial charge < -0.3 is 5.11 Å². The SMILES string of the molecule is CCCCCC(C)C.CCCCO. The highest BCUT2D eigenvalue weighted by Gasteiger charge is 1.90. The van der Waals surface area contributed by atoms with E-state index in [9.17, 15) is 0 Å². The molecule has 0 aliphatic heterocycles. The van der Waals surface area contributed by atoms with Crippen molar-refractivity contribution in [3.8, 4) is 0 Å². The second-order valence-corrected chi connectivity index (χ2v) is 3.97. The molecule has 1 N–H and O–H groups in total. The molecule has 0 radical (unpaired) electrons. The molecule has 0 fully saturated rings. The Hall–Kier alpha value is -0.0400. The first kappa shape index (κ1) is 15.4. The first-order chi connectivity index (χ1) is 6.18. The van der Waals surface area contributed by atoms with Crippen molar-refractivity contribution in [1.82, 2.24) is 0 Å². The second-order valence-electron chi connectivity index (χ2n) is 3.97. The molecule has 0 unspecified atom stereocenters. The Morgan fingerprint density at radius 2 is 1.46 bits per heavy atom. The van der Waals surface area contributed by atoms with E-state index in [0.717, 1.165) is 18.8 Å². The fourth-order valence-corrected chi connectivity index (χ4v) is 0.961. The van der Waals surface area contributed by atoms with Gasteiger partial charge in [0.2, 0.25) is 0 Å². The van der Waals surface area contributed by atoms with Gasteiger partial charge in [0.1, 0.15) is 0 Å². The van der Waals surface area contributed by atoms with Gasteiger partial charge in [0, 0.05) is 6.61 Å². The molecule has 0 heterocycles. The Morgan fingerprint density at radius 3 is 1.69 bits per heavy atom. The van der Waals surface area contributed by atoms with Gasteiger partial charge in [0.05, 0.1) is 0 Å². The summed E-state index contributed by atoms with van der Waals surface area (Å²) in [5.74, 6) is 0.904. The summed E-state index contributed by atoms with van der Waals surface area (Å²) in [6.07, 6.45) is 7.64. The zero-order valence-corrected chi connectivity index (χ0v) is 9.97. The monoisotopic (exact) mass is 188 g/mol. The highest BCUT2D eigenvalue weighted by molar-refractivity contribution is 4.44. The molecule has 0 aliphatic carbocycles. The minimum Gasteiger partial charge on any atom is -0.396 e. The molecule has 82 valence electrons. The first-order valence-electron chi connectivity index (χ1n) is 5.79. The van der Waals surface area contributed by atoms with Gasteiger partial charge in [-0.05, 0) is 12.3 Å². The lowest BCUT2D eigenvalue weighted by Crippen LogP contribution is -1.85. The van der Waals surface area contributed by atoms with Crippen LogP contribution in [-0.4, -0.2) is 11.7 Å². The zero-order chi connectivity index (χ0) is 10.5. The molecule has 0 aliphatic rings. The van der Waals surface area contributed by atoms with E-state index in [1.54, 1.807) is 0 Å². The quantitative estimate of drug-likeness (QED) is 0.625. The van der Waals surface area contributed by atoms with Crippen molar-refractivity contribution in [2.75, 3.05) is 6.61 Å². The number of aliphatic hydroxyl groups excluding tert-OH is 1. The Bertz CT molecular complexity index is 67.5. The molecule has 0 aromatic carbocycles. The van der Waals surface area contributed by atoms with Gasteiger partial charge in [-0.15, -0.1) is 0 Å². The molecule has 0 aromatic heterocycles. The lowest BCUT2D eigenvalue weighted by molar-refractivity contribution is 0.287. The summed E-state index contributed by atoms with van der Waals surface area (Å²) in [7, 11) is 0. The van der Waals surface area contributed by atoms with Gasteiger partial charge in [-0.3, -0.25) is 0 Å². The van der Waals surface area contributed by atoms with Crippen molar-refractivity contribution in [3.63, 3.8) is 0 Å². The summed E-state index contributed by atoms with van der Waals surface area (Å²) in [6, 6.07) is 0. The van der Waals surface area contributed by atoms with E-state index in [1.165, 1.54) is 25.7 Å². The molecule has 0 bridgehead atoms. The average molecular weight is 188 g/mol. The fraction of sp³-hybridized carbons (Fsp3) is 1.00. The van der Waals surface area contributed by atoms with E-state index in [4.69, 9.17) is 5.11 Å². The summed E-state index contributed by atoms with van der Waals surface area (Å²) >= 11 is 0. The molecule has 0 amide bonds. The van der Waals surface area contributed by atoms with Gasteiger partial charge in [-0.25, -0.2) is 0 Å². The molecular formula is C12H28O. The smallest absolute Gasteiger partial charge is 0.0430 e. The van der Waals surface area contributed by atoms with E-state index in [0.29, 0.717) is 6.61 Å². The van der Waals surface area contributed by atoms with E-state index < -0.39 is 0 Å². The summed E-state index contributed by atoms with van der Waals surface area (Å²) in [5.41, 5.74) is 0. The van der Waals surface area contributed by atoms with Gasteiger partial charge in [-0.2, -0.15) is 0 Å². The molecule has 1 heteroatoms. The third-order valence-corrected chi connectivity index (χ3v) is 1.90. The molecule has 13 heavy (non-hydrogen) atoms. The van der Waals surface area contributed by atoms with Crippen molar-refractivity contribution >= 4 is 0 Å². The van der Waals surface area contributed by atoms with Crippen molar-refractivity contribution < 1.29 is 5.11 Å². The third kappa shape index (κ3) is 24.5. The van der Waals surface area contributed by atoms with Gasteiger partial charge >= 0.3 is 0 Å². The van der Waals surface area contributed by atoms with Gasteiger partial charge in [0.25, 0.3) is 0 Å². The Kier molecular flexibility index (Phi) is 17.2. The standard InChI is InChI=1S/C8H18.C4H10O/c1-4-5-6-7-8(2)3;1-2-3-4-5/h8H,4-7H2,1-3H3;5H,2-4H2,1H3. The van der Waals surface area contributed by atoms with Crippen molar-refractivity contribution in [1.29, 1.82) is 0 Å². The molecule has 0 saturated carbocycles. The number of hydrogen-bond donors (Lipinski definition) is 1. The zero-order valence-electron chi connectivity index (χ0n) is 9.97. The molecule has 0 spiro atoms. The van der Waals surface area contributed by atoms with Crippen molar-refractivity contribution in [2.24, 2.45) is 5.92 Å². The maximum Gasteiger partial charge on any atom is 0.0430 e. The van der Waals surface area contributed by atoms with Crippen LogP contribution in [0.1, 0.15) is 66.2 Å². The molecule has 0 rings (SSSR count). The summed E-state index contributed by atoms with van der Waals surface area (Å²) in [6.45, 7) is 9.22. The van der Waals surface area contributed by atoms with Crippen LogP contribution < -0.4 is 0 Å². The minimum atomic E-state index is 0.344. The van der Waals surface area contributed by atoms with Crippen LogP contribution in [0.5, 0.6) is 0 Å². The van der Waals surface area contributed by atoms with Crippen LogP contribution >= 0.6 is 0 Å². The van der Waals surface area contributed by atoms with E-state index in [-0.39, 0.29) is 0 Å². The lowest BCUT2D eigenvalue weighted by Gasteiger charge is -2.00. The molecular weight excluding hydrogens is 160 g/mol. The predicted octanol–water partition coefficient (Wildman–Crippen LogP) is 4.00.